The van der Waals surface area contributed by atoms with E-state index >= 15 is 0 Å². The maximum atomic E-state index is 12.0. The first-order valence-corrected chi connectivity index (χ1v) is 23.9. The van der Waals surface area contributed by atoms with Crippen LogP contribution in [-0.4, -0.2) is 205 Å². The van der Waals surface area contributed by atoms with Crippen LogP contribution in [0.5, 0.6) is 0 Å². The predicted molar refractivity (Wildman–Crippen MR) is 251 cm³/mol. The molecule has 400 valence electrons. The molecule has 0 saturated carbocycles. The van der Waals surface area contributed by atoms with Crippen molar-refractivity contribution in [3.05, 3.63) is 0 Å². The zero-order valence-electron chi connectivity index (χ0n) is 41.0. The van der Waals surface area contributed by atoms with Crippen molar-refractivity contribution in [1.29, 1.82) is 0 Å². The van der Waals surface area contributed by atoms with Crippen LogP contribution < -0.4 is 48.7 Å². The van der Waals surface area contributed by atoms with Crippen molar-refractivity contribution in [2.24, 2.45) is 17.4 Å². The van der Waals surface area contributed by atoms with E-state index in [1.807, 2.05) is 6.92 Å². The molecule has 69 heavy (non-hydrogen) atoms. The summed E-state index contributed by atoms with van der Waals surface area (Å²) < 4.78 is 42.7. The summed E-state index contributed by atoms with van der Waals surface area (Å²) in [6.07, 6.45) is 5.77. The largest absolute Gasteiger partial charge is 0.377 e. The molecule has 25 heteroatoms. The van der Waals surface area contributed by atoms with Crippen molar-refractivity contribution >= 4 is 47.3 Å². The summed E-state index contributed by atoms with van der Waals surface area (Å²) in [7, 11) is 1.67. The summed E-state index contributed by atoms with van der Waals surface area (Å²) in [6.45, 7) is 6.44. The second-order valence-electron chi connectivity index (χ2n) is 15.4. The number of amides is 8. The van der Waals surface area contributed by atoms with E-state index in [-0.39, 0.29) is 198 Å². The van der Waals surface area contributed by atoms with Crippen molar-refractivity contribution in [3.63, 3.8) is 0 Å². The van der Waals surface area contributed by atoms with E-state index in [9.17, 15) is 38.4 Å². The number of primary amides is 2. The molecular weight excluding hydrogens is 911 g/mol. The first-order valence-electron chi connectivity index (χ1n) is 23.9. The van der Waals surface area contributed by atoms with Gasteiger partial charge in [-0.25, -0.2) is 0 Å². The highest BCUT2D eigenvalue weighted by Crippen LogP contribution is 2.11. The van der Waals surface area contributed by atoms with E-state index < -0.39 is 5.91 Å². The van der Waals surface area contributed by atoms with E-state index in [2.05, 4.69) is 37.2 Å². The second-order valence-corrected chi connectivity index (χ2v) is 15.4. The zero-order chi connectivity index (χ0) is 51.0. The zero-order valence-corrected chi connectivity index (χ0v) is 41.0. The molecule has 0 aliphatic heterocycles. The van der Waals surface area contributed by atoms with Gasteiger partial charge in [-0.2, -0.15) is 0 Å². The summed E-state index contributed by atoms with van der Waals surface area (Å²) in [5, 5.41) is 19.1. The highest BCUT2D eigenvalue weighted by molar-refractivity contribution is 5.80. The van der Waals surface area contributed by atoms with Crippen LogP contribution in [0, 0.1) is 5.92 Å². The van der Waals surface area contributed by atoms with E-state index in [1.165, 1.54) is 0 Å². The van der Waals surface area contributed by atoms with E-state index in [0.717, 1.165) is 19.3 Å². The highest BCUT2D eigenvalue weighted by Gasteiger charge is 2.13. The molecule has 0 radical (unpaired) electrons. The molecule has 0 aromatic carbocycles. The maximum Gasteiger partial charge on any atom is 0.246 e. The Morgan fingerprint density at radius 3 is 1.01 bits per heavy atom. The monoisotopic (exact) mass is 994 g/mol. The average Bonchev–Trinajstić information content (AvgIpc) is 3.31. The van der Waals surface area contributed by atoms with E-state index in [0.29, 0.717) is 45.2 Å². The van der Waals surface area contributed by atoms with Gasteiger partial charge < -0.3 is 86.6 Å². The molecule has 0 rings (SSSR count). The van der Waals surface area contributed by atoms with Gasteiger partial charge in [0.15, 0.2) is 0 Å². The minimum absolute atomic E-state index is 0.0826. The van der Waals surface area contributed by atoms with Gasteiger partial charge in [-0.05, 0) is 52.0 Å². The molecule has 25 nitrogen and oxygen atoms in total. The van der Waals surface area contributed by atoms with Crippen LogP contribution in [-0.2, 0) is 76.3 Å². The van der Waals surface area contributed by atoms with Crippen LogP contribution in [0.1, 0.15) is 71.1 Å². The average molecular weight is 994 g/mol. The van der Waals surface area contributed by atoms with Gasteiger partial charge in [0.1, 0.15) is 26.4 Å². The van der Waals surface area contributed by atoms with Crippen molar-refractivity contribution < 1.29 is 76.3 Å². The van der Waals surface area contributed by atoms with Gasteiger partial charge in [0, 0.05) is 58.0 Å². The first kappa shape index (κ1) is 64.4. The Bertz CT molecular complexity index is 1300. The lowest BCUT2D eigenvalue weighted by Gasteiger charge is -2.12. The molecule has 0 aliphatic rings. The number of hydrogen-bond acceptors (Lipinski definition) is 17. The van der Waals surface area contributed by atoms with Crippen molar-refractivity contribution in [1.82, 2.24) is 37.2 Å². The van der Waals surface area contributed by atoms with Gasteiger partial charge in [0.05, 0.1) is 85.3 Å². The molecule has 11 N–H and O–H groups in total. The van der Waals surface area contributed by atoms with Crippen molar-refractivity contribution in [2.75, 3.05) is 152 Å². The van der Waals surface area contributed by atoms with Crippen LogP contribution in [0.4, 0.5) is 0 Å². The highest BCUT2D eigenvalue weighted by atomic mass is 16.5. The Balaban J connectivity index is 3.48. The van der Waals surface area contributed by atoms with Gasteiger partial charge >= 0.3 is 0 Å². The van der Waals surface area contributed by atoms with Gasteiger partial charge in [0.2, 0.25) is 47.3 Å². The number of nitrogens with two attached hydrogens (primary N) is 2. The SMILES string of the molecule is CC[C@@H](CCCCNC(=O)COCCOCCNC(=O)COCCOCCNC(=O)CCCC(=O)NCCOCCOCC(=O)NCCOCCOCC(=O)NCCCC[C@H](NC)C(N)=O)C(N)=O. The standard InChI is InChI=1S/C44H83N9O16/c1-3-35(43(45)60)9-4-6-13-48-39(56)31-66-27-25-64-21-17-52-41(58)33-68-29-23-62-19-15-50-37(54)11-8-12-38(55)51-16-20-63-24-30-69-34-42(59)53-18-22-65-26-28-67-32-40(57)49-14-7-5-10-36(47-2)44(46)61/h35-36,47H,3-34H2,1-2H3,(H2,45,60)(H2,46,61)(H,48,56)(H,49,57)(H,50,54)(H,51,55)(H,52,58)(H,53,59)/t35-,36-/m0/s1. The quantitative estimate of drug-likeness (QED) is 0.0273. The summed E-state index contributed by atoms with van der Waals surface area (Å²) in [5.41, 5.74) is 10.6. The Kier molecular flexibility index (Phi) is 44.0. The number of nitrogens with one attached hydrogen (secondary N) is 7. The summed E-state index contributed by atoms with van der Waals surface area (Å²) in [4.78, 5) is 93.9. The van der Waals surface area contributed by atoms with Crippen LogP contribution in [0.2, 0.25) is 0 Å². The van der Waals surface area contributed by atoms with Crippen LogP contribution >= 0.6 is 0 Å². The lowest BCUT2D eigenvalue weighted by molar-refractivity contribution is -0.127. The topological polar surface area (TPSA) is 347 Å². The Morgan fingerprint density at radius 2 is 0.696 bits per heavy atom. The van der Waals surface area contributed by atoms with Gasteiger partial charge in [-0.1, -0.05) is 13.3 Å². The van der Waals surface area contributed by atoms with E-state index in [1.54, 1.807) is 7.05 Å². The molecule has 0 aliphatic carbocycles. The third kappa shape index (κ3) is 44.4. The number of hydrogen-bond donors (Lipinski definition) is 9. The molecule has 8 amide bonds. The number of likely N-dealkylation sites (N-methyl/N-ethyl adjacent to an activating group) is 1. The molecule has 0 aromatic rings. The molecule has 0 aromatic heterocycles. The van der Waals surface area contributed by atoms with Crippen molar-refractivity contribution in [3.8, 4) is 0 Å². The Morgan fingerprint density at radius 1 is 0.377 bits per heavy atom. The lowest BCUT2D eigenvalue weighted by atomic mass is 9.99. The van der Waals surface area contributed by atoms with Crippen LogP contribution in [0.25, 0.3) is 0 Å². The molecule has 0 heterocycles. The third-order valence-corrected chi connectivity index (χ3v) is 9.63. The van der Waals surface area contributed by atoms with Gasteiger partial charge in [-0.3, -0.25) is 38.4 Å². The maximum absolute atomic E-state index is 12.0. The smallest absolute Gasteiger partial charge is 0.246 e. The number of rotatable bonds is 50. The molecule has 2 atom stereocenters. The minimum atomic E-state index is -0.399. The summed E-state index contributed by atoms with van der Waals surface area (Å²) in [6, 6.07) is -0.374. The van der Waals surface area contributed by atoms with E-state index in [4.69, 9.17) is 49.4 Å². The lowest BCUT2D eigenvalue weighted by Crippen LogP contribution is -2.39. The molecule has 0 unspecified atom stereocenters. The number of unbranched alkanes of at least 4 members (excludes halogenated alkanes) is 2. The Hall–Kier alpha value is -4.60. The predicted octanol–water partition coefficient (Wildman–Crippen LogP) is -3.09. The van der Waals surface area contributed by atoms with Crippen LogP contribution in [0.3, 0.4) is 0 Å². The van der Waals surface area contributed by atoms with Gasteiger partial charge in [-0.15, -0.1) is 0 Å². The summed E-state index contributed by atoms with van der Waals surface area (Å²) in [5.74, 6) is -2.31. The fourth-order valence-electron chi connectivity index (χ4n) is 5.80. The minimum Gasteiger partial charge on any atom is -0.377 e. The molecule has 0 saturated heterocycles. The Labute approximate surface area is 406 Å². The fraction of sp³-hybridized carbons (Fsp3) is 0.818. The molecule has 0 bridgehead atoms. The first-order chi connectivity index (χ1) is 33.4. The molecular formula is C44H83N9O16. The number of carbonyl (C=O) groups is 8. The summed E-state index contributed by atoms with van der Waals surface area (Å²) >= 11 is 0. The van der Waals surface area contributed by atoms with Gasteiger partial charge in [0.25, 0.3) is 0 Å². The third-order valence-electron chi connectivity index (χ3n) is 9.63. The number of carbonyl (C=O) groups excluding carboxylic acids is 8. The van der Waals surface area contributed by atoms with Crippen LogP contribution in [0.15, 0.2) is 0 Å². The second kappa shape index (κ2) is 47.1. The normalized spacial score (nSPS) is 11.9. The molecule has 0 spiro atoms. The number of ether oxygens (including phenoxy) is 8. The fourth-order valence-corrected chi connectivity index (χ4v) is 5.80. The van der Waals surface area contributed by atoms with Crippen molar-refractivity contribution in [2.45, 2.75) is 77.2 Å². The molecule has 0 fully saturated rings.